The van der Waals surface area contributed by atoms with Gasteiger partial charge >= 0.3 is 0 Å². The number of nitrogens with zero attached hydrogens (tertiary/aromatic N) is 2. The molecule has 1 aromatic carbocycles. The van der Waals surface area contributed by atoms with Crippen LogP contribution in [0.15, 0.2) is 24.3 Å². The molecule has 0 aliphatic rings. The number of anilines is 1. The quantitative estimate of drug-likeness (QED) is 0.868. The lowest BCUT2D eigenvalue weighted by molar-refractivity contribution is 0.0818. The smallest absolute Gasteiger partial charge is 0.272 e. The molecular formula is C15H19F2N3OS. The van der Waals surface area contributed by atoms with Crippen molar-refractivity contribution in [3.8, 4) is 5.75 Å². The fourth-order valence-corrected chi connectivity index (χ4v) is 2.43. The molecule has 2 rings (SSSR count). The summed E-state index contributed by atoms with van der Waals surface area (Å²) in [5.41, 5.74) is 0.846. The van der Waals surface area contributed by atoms with Gasteiger partial charge in [-0.05, 0) is 17.7 Å². The Balaban J connectivity index is 1.94. The van der Waals surface area contributed by atoms with E-state index in [2.05, 4.69) is 35.4 Å². The minimum absolute atomic E-state index is 0.0839. The Hall–Kier alpha value is -1.76. The number of aromatic nitrogens is 2. The molecule has 0 fully saturated rings. The van der Waals surface area contributed by atoms with E-state index in [0.29, 0.717) is 12.3 Å². The van der Waals surface area contributed by atoms with Crippen LogP contribution in [0.5, 0.6) is 5.75 Å². The maximum atomic E-state index is 12.1. The predicted octanol–water partition coefficient (Wildman–Crippen LogP) is 4.09. The van der Waals surface area contributed by atoms with Crippen LogP contribution in [0.3, 0.4) is 0 Å². The van der Waals surface area contributed by atoms with Crippen LogP contribution >= 0.6 is 11.5 Å². The Morgan fingerprint density at radius 3 is 2.73 bits per heavy atom. The number of ether oxygens (including phenoxy) is 1. The molecule has 4 nitrogen and oxygen atoms in total. The van der Waals surface area contributed by atoms with E-state index in [1.807, 2.05) is 6.07 Å². The second-order valence-corrected chi connectivity index (χ2v) is 6.63. The minimum Gasteiger partial charge on any atom is -0.488 e. The van der Waals surface area contributed by atoms with Crippen LogP contribution in [0.4, 0.5) is 13.9 Å². The van der Waals surface area contributed by atoms with Gasteiger partial charge in [-0.3, -0.25) is 0 Å². The third-order valence-corrected chi connectivity index (χ3v) is 3.49. The van der Waals surface area contributed by atoms with Crippen LogP contribution in [0.25, 0.3) is 0 Å². The van der Waals surface area contributed by atoms with Crippen molar-refractivity contribution in [1.29, 1.82) is 0 Å². The van der Waals surface area contributed by atoms with Gasteiger partial charge in [0.05, 0.1) is 0 Å². The first-order valence-electron chi connectivity index (χ1n) is 6.92. The zero-order valence-electron chi connectivity index (χ0n) is 12.8. The molecule has 22 heavy (non-hydrogen) atoms. The first kappa shape index (κ1) is 16.6. The molecule has 1 aromatic heterocycles. The summed E-state index contributed by atoms with van der Waals surface area (Å²) in [5.74, 6) is 1.24. The number of benzene rings is 1. The monoisotopic (exact) mass is 327 g/mol. The number of rotatable bonds is 6. The fraction of sp³-hybridized carbons (Fsp3) is 0.467. The van der Waals surface area contributed by atoms with Crippen molar-refractivity contribution >= 4 is 16.7 Å². The zero-order chi connectivity index (χ0) is 16.2. The number of alkyl halides is 2. The van der Waals surface area contributed by atoms with Gasteiger partial charge < -0.3 is 10.1 Å². The fourth-order valence-electron chi connectivity index (χ4n) is 1.68. The molecule has 120 valence electrons. The zero-order valence-corrected chi connectivity index (χ0v) is 13.6. The van der Waals surface area contributed by atoms with Crippen molar-refractivity contribution in [3.63, 3.8) is 0 Å². The van der Waals surface area contributed by atoms with E-state index in [0.717, 1.165) is 16.5 Å². The Morgan fingerprint density at radius 2 is 2.09 bits per heavy atom. The molecule has 0 aliphatic carbocycles. The van der Waals surface area contributed by atoms with E-state index in [9.17, 15) is 8.78 Å². The molecule has 0 atom stereocenters. The lowest BCUT2D eigenvalue weighted by atomic mass is 9.96. The topological polar surface area (TPSA) is 47.0 Å². The highest BCUT2D eigenvalue weighted by Crippen LogP contribution is 2.23. The molecule has 1 heterocycles. The van der Waals surface area contributed by atoms with Gasteiger partial charge in [0, 0.05) is 23.5 Å². The lowest BCUT2D eigenvalue weighted by Crippen LogP contribution is -2.13. The highest BCUT2D eigenvalue weighted by molar-refractivity contribution is 7.09. The van der Waals surface area contributed by atoms with Gasteiger partial charge in [0.1, 0.15) is 18.2 Å². The highest BCUT2D eigenvalue weighted by Gasteiger charge is 2.19. The maximum Gasteiger partial charge on any atom is 0.272 e. The third kappa shape index (κ3) is 4.91. The number of halogens is 2. The Morgan fingerprint density at radius 1 is 1.32 bits per heavy atom. The SMILES string of the molecule is CC(C)(C)c1nsc(NCc2cccc(OCC(F)F)c2)n1. The molecule has 0 amide bonds. The minimum atomic E-state index is -2.47. The largest absolute Gasteiger partial charge is 0.488 e. The number of hydrogen-bond donors (Lipinski definition) is 1. The second kappa shape index (κ2) is 7.00. The Labute approximate surface area is 132 Å². The van der Waals surface area contributed by atoms with Crippen LogP contribution in [-0.4, -0.2) is 22.4 Å². The molecule has 0 saturated heterocycles. The van der Waals surface area contributed by atoms with Crippen LogP contribution in [-0.2, 0) is 12.0 Å². The average molecular weight is 327 g/mol. The Kier molecular flexibility index (Phi) is 5.28. The maximum absolute atomic E-state index is 12.1. The first-order chi connectivity index (χ1) is 10.3. The summed E-state index contributed by atoms with van der Waals surface area (Å²) in [7, 11) is 0. The molecule has 0 aliphatic heterocycles. The molecule has 0 spiro atoms. The normalized spacial score (nSPS) is 11.7. The van der Waals surface area contributed by atoms with Gasteiger partial charge in [0.2, 0.25) is 5.13 Å². The van der Waals surface area contributed by atoms with Crippen molar-refractivity contribution in [3.05, 3.63) is 35.7 Å². The van der Waals surface area contributed by atoms with Gasteiger partial charge in [-0.15, -0.1) is 0 Å². The van der Waals surface area contributed by atoms with Crippen molar-refractivity contribution < 1.29 is 13.5 Å². The van der Waals surface area contributed by atoms with Gasteiger partial charge in [-0.2, -0.15) is 4.37 Å². The molecule has 0 saturated carbocycles. The highest BCUT2D eigenvalue weighted by atomic mass is 32.1. The lowest BCUT2D eigenvalue weighted by Gasteiger charge is -2.12. The van der Waals surface area contributed by atoms with Crippen molar-refractivity contribution in [2.24, 2.45) is 0 Å². The van der Waals surface area contributed by atoms with E-state index in [4.69, 9.17) is 4.74 Å². The summed E-state index contributed by atoms with van der Waals surface area (Å²) < 4.78 is 33.6. The van der Waals surface area contributed by atoms with Gasteiger partial charge in [0.25, 0.3) is 6.43 Å². The van der Waals surface area contributed by atoms with Gasteiger partial charge in [0.15, 0.2) is 0 Å². The summed E-state index contributed by atoms with van der Waals surface area (Å²) in [6.45, 7) is 6.11. The third-order valence-electron chi connectivity index (χ3n) is 2.82. The van der Waals surface area contributed by atoms with Crippen LogP contribution in [0, 0.1) is 0 Å². The summed E-state index contributed by atoms with van der Waals surface area (Å²) in [5, 5.41) is 3.93. The number of nitrogens with one attached hydrogen (secondary N) is 1. The summed E-state index contributed by atoms with van der Waals surface area (Å²) in [4.78, 5) is 4.44. The van der Waals surface area contributed by atoms with E-state index in [-0.39, 0.29) is 5.41 Å². The number of hydrogen-bond acceptors (Lipinski definition) is 5. The molecule has 7 heteroatoms. The predicted molar refractivity (Wildman–Crippen MR) is 83.9 cm³/mol. The van der Waals surface area contributed by atoms with E-state index >= 15 is 0 Å². The second-order valence-electron chi connectivity index (χ2n) is 5.88. The summed E-state index contributed by atoms with van der Waals surface area (Å²) >= 11 is 1.31. The molecule has 0 unspecified atom stereocenters. The van der Waals surface area contributed by atoms with Gasteiger partial charge in [-0.25, -0.2) is 13.8 Å². The van der Waals surface area contributed by atoms with Crippen molar-refractivity contribution in [2.75, 3.05) is 11.9 Å². The Bertz CT molecular complexity index is 611. The average Bonchev–Trinajstić information content (AvgIpc) is 2.92. The van der Waals surface area contributed by atoms with Crippen LogP contribution in [0.2, 0.25) is 0 Å². The molecule has 1 N–H and O–H groups in total. The molecule has 0 bridgehead atoms. The van der Waals surface area contributed by atoms with Crippen LogP contribution < -0.4 is 10.1 Å². The van der Waals surface area contributed by atoms with E-state index < -0.39 is 13.0 Å². The van der Waals surface area contributed by atoms with Crippen molar-refractivity contribution in [2.45, 2.75) is 39.2 Å². The van der Waals surface area contributed by atoms with Crippen molar-refractivity contribution in [1.82, 2.24) is 9.36 Å². The van der Waals surface area contributed by atoms with E-state index in [1.165, 1.54) is 11.5 Å². The standard InChI is InChI=1S/C15H19F2N3OS/c1-15(2,3)13-19-14(22-20-13)18-8-10-5-4-6-11(7-10)21-9-12(16)17/h4-7,12H,8-9H2,1-3H3,(H,18,19,20). The summed E-state index contributed by atoms with van der Waals surface area (Å²) in [6, 6.07) is 7.07. The molecule has 0 radical (unpaired) electrons. The van der Waals surface area contributed by atoms with E-state index in [1.54, 1.807) is 18.2 Å². The van der Waals surface area contributed by atoms with Gasteiger partial charge in [-0.1, -0.05) is 32.9 Å². The first-order valence-corrected chi connectivity index (χ1v) is 7.70. The molecular weight excluding hydrogens is 308 g/mol. The molecule has 2 aromatic rings. The van der Waals surface area contributed by atoms with Crippen LogP contribution in [0.1, 0.15) is 32.2 Å². The summed E-state index contributed by atoms with van der Waals surface area (Å²) in [6.07, 6.45) is -2.47.